The molecule has 0 atom stereocenters. The highest BCUT2D eigenvalue weighted by Gasteiger charge is 2.05. The zero-order valence-electron chi connectivity index (χ0n) is 12.9. The maximum Gasteiger partial charge on any atom is 0.269 e. The van der Waals surface area contributed by atoms with Crippen molar-refractivity contribution in [2.45, 2.75) is 46.0 Å². The highest BCUT2D eigenvalue weighted by atomic mass is 16.1. The Morgan fingerprint density at radius 2 is 1.95 bits per heavy atom. The van der Waals surface area contributed by atoms with Crippen molar-refractivity contribution in [2.75, 3.05) is 18.9 Å². The molecule has 1 aromatic rings. The van der Waals surface area contributed by atoms with E-state index in [1.807, 2.05) is 13.1 Å². The Bertz CT molecular complexity index is 387. The monoisotopic (exact) mass is 277 g/mol. The van der Waals surface area contributed by atoms with Crippen molar-refractivity contribution in [3.63, 3.8) is 0 Å². The van der Waals surface area contributed by atoms with Crippen molar-refractivity contribution >= 4 is 11.6 Å². The lowest BCUT2D eigenvalue weighted by atomic mass is 10.0. The van der Waals surface area contributed by atoms with E-state index < -0.39 is 0 Å². The Kier molecular flexibility index (Phi) is 7.70. The minimum Gasteiger partial charge on any atom is -0.387 e. The highest BCUT2D eigenvalue weighted by Crippen LogP contribution is 2.09. The van der Waals surface area contributed by atoms with Crippen LogP contribution in [-0.4, -0.2) is 24.5 Å². The Balaban J connectivity index is 2.13. The molecule has 0 bridgehead atoms. The number of nitrogens with zero attached hydrogens (tertiary/aromatic N) is 1. The Hall–Kier alpha value is -1.58. The number of rotatable bonds is 9. The van der Waals surface area contributed by atoms with Crippen molar-refractivity contribution in [3.05, 3.63) is 24.0 Å². The molecule has 0 saturated carbocycles. The second-order valence-electron chi connectivity index (χ2n) is 5.53. The van der Waals surface area contributed by atoms with E-state index in [-0.39, 0.29) is 5.91 Å². The van der Waals surface area contributed by atoms with E-state index >= 15 is 0 Å². The first-order valence-electron chi connectivity index (χ1n) is 7.55. The second kappa shape index (κ2) is 9.34. The summed E-state index contributed by atoms with van der Waals surface area (Å²) >= 11 is 0. The minimum atomic E-state index is -0.0881. The smallest absolute Gasteiger partial charge is 0.269 e. The van der Waals surface area contributed by atoms with Crippen molar-refractivity contribution in [2.24, 2.45) is 5.92 Å². The third-order valence-corrected chi connectivity index (χ3v) is 3.28. The molecule has 1 amide bonds. The molecule has 20 heavy (non-hydrogen) atoms. The lowest BCUT2D eigenvalue weighted by Gasteiger charge is -2.06. The Morgan fingerprint density at radius 1 is 1.20 bits per heavy atom. The molecule has 0 aliphatic carbocycles. The van der Waals surface area contributed by atoms with Gasteiger partial charge < -0.3 is 10.6 Å². The van der Waals surface area contributed by atoms with Gasteiger partial charge in [-0.25, -0.2) is 4.98 Å². The number of pyridine rings is 1. The van der Waals surface area contributed by atoms with Gasteiger partial charge in [-0.3, -0.25) is 4.79 Å². The molecule has 0 aliphatic rings. The van der Waals surface area contributed by atoms with Crippen LogP contribution in [0.4, 0.5) is 5.69 Å². The van der Waals surface area contributed by atoms with Crippen LogP contribution in [0, 0.1) is 5.92 Å². The summed E-state index contributed by atoms with van der Waals surface area (Å²) in [4.78, 5) is 16.0. The first-order valence-corrected chi connectivity index (χ1v) is 7.55. The molecule has 0 spiro atoms. The van der Waals surface area contributed by atoms with E-state index in [1.165, 1.54) is 25.7 Å². The molecule has 1 rings (SSSR count). The zero-order chi connectivity index (χ0) is 14.8. The Morgan fingerprint density at radius 3 is 2.55 bits per heavy atom. The molecule has 112 valence electrons. The van der Waals surface area contributed by atoms with E-state index in [0.29, 0.717) is 5.69 Å². The molecule has 0 radical (unpaired) electrons. The van der Waals surface area contributed by atoms with Gasteiger partial charge in [-0.05, 0) is 24.5 Å². The zero-order valence-corrected chi connectivity index (χ0v) is 12.9. The van der Waals surface area contributed by atoms with Crippen molar-refractivity contribution in [1.29, 1.82) is 0 Å². The fraction of sp³-hybridized carbons (Fsp3) is 0.625. The summed E-state index contributed by atoms with van der Waals surface area (Å²) in [5.41, 5.74) is 1.38. The van der Waals surface area contributed by atoms with Crippen molar-refractivity contribution in [3.8, 4) is 0 Å². The van der Waals surface area contributed by atoms with Gasteiger partial charge in [0.15, 0.2) is 0 Å². The fourth-order valence-corrected chi connectivity index (χ4v) is 2.00. The number of unbranched alkanes of at least 4 members (excludes halogenated alkanes) is 3. The van der Waals surface area contributed by atoms with E-state index in [4.69, 9.17) is 0 Å². The summed E-state index contributed by atoms with van der Waals surface area (Å²) in [6.07, 6.45) is 7.73. The fourth-order valence-electron chi connectivity index (χ4n) is 2.00. The maximum absolute atomic E-state index is 11.8. The minimum absolute atomic E-state index is 0.0881. The second-order valence-corrected chi connectivity index (χ2v) is 5.53. The van der Waals surface area contributed by atoms with Crippen LogP contribution in [0.2, 0.25) is 0 Å². The molecule has 0 aliphatic heterocycles. The molecule has 1 heterocycles. The van der Waals surface area contributed by atoms with Gasteiger partial charge >= 0.3 is 0 Å². The topological polar surface area (TPSA) is 54.0 Å². The van der Waals surface area contributed by atoms with E-state index in [1.54, 1.807) is 12.3 Å². The van der Waals surface area contributed by atoms with Crippen LogP contribution in [0.1, 0.15) is 56.4 Å². The summed E-state index contributed by atoms with van der Waals surface area (Å²) in [6.45, 7) is 5.25. The van der Waals surface area contributed by atoms with Gasteiger partial charge in [0.2, 0.25) is 0 Å². The molecule has 0 unspecified atom stereocenters. The van der Waals surface area contributed by atoms with Crippen LogP contribution < -0.4 is 10.6 Å². The third-order valence-electron chi connectivity index (χ3n) is 3.28. The molecule has 1 aromatic heterocycles. The predicted molar refractivity (Wildman–Crippen MR) is 84.0 cm³/mol. The van der Waals surface area contributed by atoms with Crippen LogP contribution in [0.3, 0.4) is 0 Å². The summed E-state index contributed by atoms with van der Waals surface area (Å²) in [7, 11) is 1.83. The molecular formula is C16H27N3O. The SMILES string of the molecule is CNc1ccc(C(=O)NCCCCCCC(C)C)nc1. The molecule has 0 saturated heterocycles. The van der Waals surface area contributed by atoms with Crippen molar-refractivity contribution in [1.82, 2.24) is 10.3 Å². The lowest BCUT2D eigenvalue weighted by molar-refractivity contribution is 0.0948. The number of anilines is 1. The van der Waals surface area contributed by atoms with Crippen LogP contribution >= 0.6 is 0 Å². The van der Waals surface area contributed by atoms with Gasteiger partial charge in [-0.1, -0.05) is 39.5 Å². The molecular weight excluding hydrogens is 250 g/mol. The number of nitrogens with one attached hydrogen (secondary N) is 2. The first-order chi connectivity index (χ1) is 9.63. The van der Waals surface area contributed by atoms with E-state index in [2.05, 4.69) is 29.5 Å². The quantitative estimate of drug-likeness (QED) is 0.680. The highest BCUT2D eigenvalue weighted by molar-refractivity contribution is 5.92. The standard InChI is InChI=1S/C16H27N3O/c1-13(2)8-6-4-5-7-11-18-16(20)15-10-9-14(17-3)12-19-15/h9-10,12-13,17H,4-8,11H2,1-3H3,(H,18,20). The molecule has 0 fully saturated rings. The first kappa shape index (κ1) is 16.5. The van der Waals surface area contributed by atoms with Crippen LogP contribution in [-0.2, 0) is 0 Å². The van der Waals surface area contributed by atoms with Gasteiger partial charge in [0.05, 0.1) is 11.9 Å². The number of carbonyl (C=O) groups is 1. The molecule has 4 heteroatoms. The van der Waals surface area contributed by atoms with Gasteiger partial charge in [-0.15, -0.1) is 0 Å². The maximum atomic E-state index is 11.8. The average molecular weight is 277 g/mol. The van der Waals surface area contributed by atoms with E-state index in [0.717, 1.165) is 24.6 Å². The molecule has 2 N–H and O–H groups in total. The number of carbonyl (C=O) groups excluding carboxylic acids is 1. The summed E-state index contributed by atoms with van der Waals surface area (Å²) in [6, 6.07) is 3.59. The van der Waals surface area contributed by atoms with Gasteiger partial charge in [0.1, 0.15) is 5.69 Å². The summed E-state index contributed by atoms with van der Waals surface area (Å²) < 4.78 is 0. The molecule has 4 nitrogen and oxygen atoms in total. The lowest BCUT2D eigenvalue weighted by Crippen LogP contribution is -2.25. The Labute approximate surface area is 122 Å². The van der Waals surface area contributed by atoms with Crippen LogP contribution in [0.15, 0.2) is 18.3 Å². The molecule has 0 aromatic carbocycles. The number of amides is 1. The predicted octanol–water partition coefficient (Wildman–Crippen LogP) is 3.46. The van der Waals surface area contributed by atoms with Crippen LogP contribution in [0.5, 0.6) is 0 Å². The normalized spacial score (nSPS) is 10.6. The summed E-state index contributed by atoms with van der Waals surface area (Å²) in [5, 5.41) is 5.89. The largest absolute Gasteiger partial charge is 0.387 e. The number of hydrogen-bond donors (Lipinski definition) is 2. The summed E-state index contributed by atoms with van der Waals surface area (Å²) in [5.74, 6) is 0.705. The number of aromatic nitrogens is 1. The van der Waals surface area contributed by atoms with Crippen LogP contribution in [0.25, 0.3) is 0 Å². The van der Waals surface area contributed by atoms with Gasteiger partial charge in [-0.2, -0.15) is 0 Å². The third kappa shape index (κ3) is 6.55. The van der Waals surface area contributed by atoms with Crippen molar-refractivity contribution < 1.29 is 4.79 Å². The van der Waals surface area contributed by atoms with E-state index in [9.17, 15) is 4.79 Å². The average Bonchev–Trinajstić information content (AvgIpc) is 2.45. The van der Waals surface area contributed by atoms with Gasteiger partial charge in [0, 0.05) is 13.6 Å². The van der Waals surface area contributed by atoms with Gasteiger partial charge in [0.25, 0.3) is 5.91 Å². The number of hydrogen-bond acceptors (Lipinski definition) is 3.